The predicted octanol–water partition coefficient (Wildman–Crippen LogP) is 2.69. The third-order valence-electron chi connectivity index (χ3n) is 3.82. The van der Waals surface area contributed by atoms with Crippen molar-refractivity contribution >= 4 is 0 Å². The van der Waals surface area contributed by atoms with Gasteiger partial charge in [0.25, 0.3) is 0 Å². The average Bonchev–Trinajstić information content (AvgIpc) is 2.50. The lowest BCUT2D eigenvalue weighted by atomic mass is 9.81. The highest BCUT2D eigenvalue weighted by atomic mass is 15.1. The Bertz CT molecular complexity index is 319. The minimum atomic E-state index is 0.624. The molecule has 0 bridgehead atoms. The summed E-state index contributed by atoms with van der Waals surface area (Å²) < 4.78 is 0. The molecular weight excluding hydrogens is 198 g/mol. The van der Waals surface area contributed by atoms with Crippen LogP contribution in [0.1, 0.15) is 49.6 Å². The number of aromatic amines is 1. The Balaban J connectivity index is 1.77. The van der Waals surface area contributed by atoms with Crippen LogP contribution in [0.2, 0.25) is 0 Å². The van der Waals surface area contributed by atoms with Crippen molar-refractivity contribution < 1.29 is 0 Å². The quantitative estimate of drug-likeness (QED) is 0.802. The lowest BCUT2D eigenvalue weighted by Crippen LogP contribution is -2.30. The molecule has 1 aromatic rings. The number of nitrogens with one attached hydrogen (secondary N) is 2. The molecule has 0 spiro atoms. The van der Waals surface area contributed by atoms with Crippen LogP contribution < -0.4 is 5.32 Å². The first-order valence-corrected chi connectivity index (χ1v) is 6.40. The number of hydrogen-bond acceptors (Lipinski definition) is 2. The van der Waals surface area contributed by atoms with Crippen molar-refractivity contribution in [1.82, 2.24) is 15.5 Å². The van der Waals surface area contributed by atoms with Crippen molar-refractivity contribution in [2.75, 3.05) is 0 Å². The topological polar surface area (TPSA) is 40.7 Å². The molecule has 3 nitrogen and oxygen atoms in total. The van der Waals surface area contributed by atoms with E-state index in [-0.39, 0.29) is 0 Å². The molecule has 90 valence electrons. The van der Waals surface area contributed by atoms with Gasteiger partial charge in [0.15, 0.2) is 0 Å². The normalized spacial score (nSPS) is 18.4. The zero-order chi connectivity index (χ0) is 11.5. The molecular formula is C13H23N3. The van der Waals surface area contributed by atoms with Crippen molar-refractivity contribution in [3.8, 4) is 0 Å². The highest BCUT2D eigenvalue weighted by Crippen LogP contribution is 2.30. The van der Waals surface area contributed by atoms with E-state index in [1.165, 1.54) is 36.9 Å². The molecule has 0 aliphatic heterocycles. The van der Waals surface area contributed by atoms with Gasteiger partial charge in [-0.2, -0.15) is 5.10 Å². The summed E-state index contributed by atoms with van der Waals surface area (Å²) in [5.41, 5.74) is 3.65. The largest absolute Gasteiger partial charge is 0.310 e. The van der Waals surface area contributed by atoms with Crippen LogP contribution in [0.3, 0.4) is 0 Å². The Morgan fingerprint density at radius 3 is 2.69 bits per heavy atom. The van der Waals surface area contributed by atoms with Gasteiger partial charge in [-0.05, 0) is 33.1 Å². The number of aryl methyl sites for hydroxylation is 2. The zero-order valence-electron chi connectivity index (χ0n) is 10.6. The maximum absolute atomic E-state index is 4.22. The molecule has 1 heterocycles. The van der Waals surface area contributed by atoms with Gasteiger partial charge in [-0.25, -0.2) is 0 Å². The van der Waals surface area contributed by atoms with E-state index in [0.29, 0.717) is 6.04 Å². The van der Waals surface area contributed by atoms with Gasteiger partial charge in [-0.15, -0.1) is 0 Å². The van der Waals surface area contributed by atoms with Gasteiger partial charge in [0.1, 0.15) is 0 Å². The monoisotopic (exact) mass is 221 g/mol. The van der Waals surface area contributed by atoms with Crippen molar-refractivity contribution in [3.63, 3.8) is 0 Å². The first-order chi connectivity index (χ1) is 7.66. The van der Waals surface area contributed by atoms with E-state index in [0.717, 1.165) is 18.2 Å². The Kier molecular flexibility index (Phi) is 3.64. The lowest BCUT2D eigenvalue weighted by Gasteiger charge is -2.28. The van der Waals surface area contributed by atoms with Gasteiger partial charge in [-0.3, -0.25) is 5.10 Å². The van der Waals surface area contributed by atoms with Crippen LogP contribution in [0.25, 0.3) is 0 Å². The second-order valence-electron chi connectivity index (χ2n) is 5.23. The molecule has 0 amide bonds. The van der Waals surface area contributed by atoms with Crippen molar-refractivity contribution in [3.05, 3.63) is 17.0 Å². The van der Waals surface area contributed by atoms with Gasteiger partial charge in [0, 0.05) is 23.8 Å². The first kappa shape index (κ1) is 11.6. The minimum Gasteiger partial charge on any atom is -0.310 e. The van der Waals surface area contributed by atoms with Crippen LogP contribution in [-0.4, -0.2) is 16.2 Å². The summed E-state index contributed by atoms with van der Waals surface area (Å²) >= 11 is 0. The van der Waals surface area contributed by atoms with E-state index in [9.17, 15) is 0 Å². The van der Waals surface area contributed by atoms with Crippen LogP contribution in [0.4, 0.5) is 0 Å². The van der Waals surface area contributed by atoms with E-state index in [1.807, 2.05) is 0 Å². The van der Waals surface area contributed by atoms with Crippen LogP contribution in [0.5, 0.6) is 0 Å². The van der Waals surface area contributed by atoms with Gasteiger partial charge in [0.05, 0.1) is 5.69 Å². The van der Waals surface area contributed by atoms with E-state index in [2.05, 4.69) is 36.3 Å². The number of hydrogen-bond donors (Lipinski definition) is 2. The van der Waals surface area contributed by atoms with Crippen molar-refractivity contribution in [2.24, 2.45) is 5.92 Å². The second-order valence-corrected chi connectivity index (χ2v) is 5.23. The van der Waals surface area contributed by atoms with Crippen LogP contribution in [0, 0.1) is 19.8 Å². The Morgan fingerprint density at radius 1 is 1.44 bits per heavy atom. The fraction of sp³-hybridized carbons (Fsp3) is 0.769. The highest BCUT2D eigenvalue weighted by molar-refractivity contribution is 5.22. The molecule has 1 unspecified atom stereocenters. The third-order valence-corrected chi connectivity index (χ3v) is 3.82. The SMILES string of the molecule is Cc1n[nH]c(C)c1CNC(C)CC1CCC1. The Hall–Kier alpha value is -0.830. The molecule has 1 aliphatic rings. The van der Waals surface area contributed by atoms with E-state index in [4.69, 9.17) is 0 Å². The average molecular weight is 221 g/mol. The maximum atomic E-state index is 4.22. The highest BCUT2D eigenvalue weighted by Gasteiger charge is 2.19. The molecule has 1 saturated carbocycles. The van der Waals surface area contributed by atoms with E-state index >= 15 is 0 Å². The summed E-state index contributed by atoms with van der Waals surface area (Å²) in [6.07, 6.45) is 5.65. The summed E-state index contributed by atoms with van der Waals surface area (Å²) in [5.74, 6) is 0.981. The van der Waals surface area contributed by atoms with Gasteiger partial charge < -0.3 is 5.32 Å². The molecule has 2 N–H and O–H groups in total. The maximum Gasteiger partial charge on any atom is 0.0638 e. The fourth-order valence-electron chi connectivity index (χ4n) is 2.42. The van der Waals surface area contributed by atoms with Gasteiger partial charge in [-0.1, -0.05) is 19.3 Å². The molecule has 1 atom stereocenters. The summed E-state index contributed by atoms with van der Waals surface area (Å²) in [5, 5.41) is 10.9. The summed E-state index contributed by atoms with van der Waals surface area (Å²) in [7, 11) is 0. The second kappa shape index (κ2) is 5.00. The zero-order valence-corrected chi connectivity index (χ0v) is 10.6. The molecule has 1 aromatic heterocycles. The van der Waals surface area contributed by atoms with Gasteiger partial charge in [0.2, 0.25) is 0 Å². The lowest BCUT2D eigenvalue weighted by molar-refractivity contribution is 0.265. The smallest absolute Gasteiger partial charge is 0.0638 e. The first-order valence-electron chi connectivity index (χ1n) is 6.40. The summed E-state index contributed by atoms with van der Waals surface area (Å²) in [6.45, 7) is 7.40. The standard InChI is InChI=1S/C13H23N3/c1-9(7-12-5-4-6-12)14-8-13-10(2)15-16-11(13)3/h9,12,14H,4-8H2,1-3H3,(H,15,16). The number of nitrogens with zero attached hydrogens (tertiary/aromatic N) is 1. The Labute approximate surface area is 98.0 Å². The van der Waals surface area contributed by atoms with Crippen LogP contribution in [-0.2, 0) is 6.54 Å². The summed E-state index contributed by atoms with van der Waals surface area (Å²) in [6, 6.07) is 0.624. The predicted molar refractivity (Wildman–Crippen MR) is 66.3 cm³/mol. The number of rotatable bonds is 5. The van der Waals surface area contributed by atoms with E-state index in [1.54, 1.807) is 0 Å². The number of H-pyrrole nitrogens is 1. The molecule has 16 heavy (non-hydrogen) atoms. The molecule has 3 heteroatoms. The Morgan fingerprint density at radius 2 is 2.19 bits per heavy atom. The molecule has 1 fully saturated rings. The minimum absolute atomic E-state index is 0.624. The van der Waals surface area contributed by atoms with Crippen molar-refractivity contribution in [1.29, 1.82) is 0 Å². The third kappa shape index (κ3) is 2.64. The number of aromatic nitrogens is 2. The molecule has 0 aromatic carbocycles. The van der Waals surface area contributed by atoms with Crippen LogP contribution >= 0.6 is 0 Å². The van der Waals surface area contributed by atoms with Crippen LogP contribution in [0.15, 0.2) is 0 Å². The molecule has 0 saturated heterocycles. The molecule has 2 rings (SSSR count). The summed E-state index contributed by atoms with van der Waals surface area (Å²) in [4.78, 5) is 0. The van der Waals surface area contributed by atoms with Gasteiger partial charge >= 0.3 is 0 Å². The molecule has 0 radical (unpaired) electrons. The molecule has 1 aliphatic carbocycles. The fourth-order valence-corrected chi connectivity index (χ4v) is 2.42. The van der Waals surface area contributed by atoms with Crippen molar-refractivity contribution in [2.45, 2.75) is 59.0 Å². The van der Waals surface area contributed by atoms with E-state index < -0.39 is 0 Å².